The summed E-state index contributed by atoms with van der Waals surface area (Å²) in [7, 11) is 0. The lowest BCUT2D eigenvalue weighted by atomic mass is 10.1. The van der Waals surface area contributed by atoms with E-state index in [-0.39, 0.29) is 6.10 Å². The van der Waals surface area contributed by atoms with Crippen molar-refractivity contribution < 1.29 is 4.74 Å². The summed E-state index contributed by atoms with van der Waals surface area (Å²) in [5.41, 5.74) is 1.11. The first-order chi connectivity index (χ1) is 9.74. The van der Waals surface area contributed by atoms with E-state index < -0.39 is 0 Å². The van der Waals surface area contributed by atoms with Crippen LogP contribution in [0, 0.1) is 0 Å². The van der Waals surface area contributed by atoms with E-state index in [1.54, 1.807) is 0 Å². The van der Waals surface area contributed by atoms with Crippen LogP contribution in [0.4, 0.5) is 5.82 Å². The smallest absolute Gasteiger partial charge is 0.159 e. The Balaban J connectivity index is 2.97. The summed E-state index contributed by atoms with van der Waals surface area (Å²) >= 11 is 0. The summed E-state index contributed by atoms with van der Waals surface area (Å²) in [6, 6.07) is 2.07. The molecule has 1 atom stereocenters. The normalized spacial score (nSPS) is 12.4. The number of aromatic nitrogens is 2. The van der Waals surface area contributed by atoms with Crippen molar-refractivity contribution in [3.05, 3.63) is 17.6 Å². The van der Waals surface area contributed by atoms with Crippen LogP contribution in [0.2, 0.25) is 0 Å². The van der Waals surface area contributed by atoms with Crippen molar-refractivity contribution in [1.29, 1.82) is 0 Å². The number of ether oxygens (including phenoxy) is 1. The molecule has 1 rings (SSSR count). The fourth-order valence-corrected chi connectivity index (χ4v) is 2.14. The van der Waals surface area contributed by atoms with E-state index in [0.29, 0.717) is 6.61 Å². The SMILES string of the molecule is CCCNc1cc(CCC)nc(C(CCC)OCC)n1. The molecule has 0 aliphatic rings. The molecule has 0 amide bonds. The van der Waals surface area contributed by atoms with E-state index in [9.17, 15) is 0 Å². The molecule has 0 aliphatic carbocycles. The van der Waals surface area contributed by atoms with Crippen LogP contribution in [0.5, 0.6) is 0 Å². The van der Waals surface area contributed by atoms with Crippen molar-refractivity contribution in [2.24, 2.45) is 0 Å². The third-order valence-corrected chi connectivity index (χ3v) is 3.07. The standard InChI is InChI=1S/C16H29N3O/c1-5-9-13-12-15(17-11-7-3)19-16(18-13)14(10-6-2)20-8-4/h12,14H,5-11H2,1-4H3,(H,17,18,19). The molecule has 0 aromatic carbocycles. The summed E-state index contributed by atoms with van der Waals surface area (Å²) in [4.78, 5) is 9.34. The van der Waals surface area contributed by atoms with Crippen molar-refractivity contribution >= 4 is 5.82 Å². The second-order valence-corrected chi connectivity index (χ2v) is 5.01. The number of hydrogen-bond acceptors (Lipinski definition) is 4. The Morgan fingerprint density at radius 2 is 1.90 bits per heavy atom. The van der Waals surface area contributed by atoms with Gasteiger partial charge in [-0.3, -0.25) is 0 Å². The van der Waals surface area contributed by atoms with Crippen LogP contribution in [-0.2, 0) is 11.2 Å². The maximum Gasteiger partial charge on any atom is 0.159 e. The van der Waals surface area contributed by atoms with E-state index in [0.717, 1.165) is 56.0 Å². The molecular formula is C16H29N3O. The van der Waals surface area contributed by atoms with Gasteiger partial charge in [0.1, 0.15) is 11.9 Å². The van der Waals surface area contributed by atoms with Gasteiger partial charge in [0.2, 0.25) is 0 Å². The first-order valence-corrected chi connectivity index (χ1v) is 7.98. The highest BCUT2D eigenvalue weighted by molar-refractivity contribution is 5.36. The van der Waals surface area contributed by atoms with Crippen LogP contribution in [0.3, 0.4) is 0 Å². The second kappa shape index (κ2) is 9.70. The Labute approximate surface area is 123 Å². The first kappa shape index (κ1) is 16.9. The predicted octanol–water partition coefficient (Wildman–Crippen LogP) is 4.13. The molecule has 1 aromatic heterocycles. The zero-order chi connectivity index (χ0) is 14.8. The molecule has 4 heteroatoms. The molecule has 0 radical (unpaired) electrons. The van der Waals surface area contributed by atoms with Gasteiger partial charge >= 0.3 is 0 Å². The fraction of sp³-hybridized carbons (Fsp3) is 0.750. The van der Waals surface area contributed by atoms with Gasteiger partial charge in [0.25, 0.3) is 0 Å². The van der Waals surface area contributed by atoms with E-state index in [4.69, 9.17) is 9.72 Å². The van der Waals surface area contributed by atoms with Crippen LogP contribution in [0.15, 0.2) is 6.07 Å². The number of aryl methyl sites for hydroxylation is 1. The van der Waals surface area contributed by atoms with Gasteiger partial charge in [0.15, 0.2) is 5.82 Å². The predicted molar refractivity (Wildman–Crippen MR) is 84.1 cm³/mol. The van der Waals surface area contributed by atoms with Crippen molar-refractivity contribution in [2.45, 2.75) is 65.9 Å². The Kier molecular flexibility index (Phi) is 8.19. The average Bonchev–Trinajstić information content (AvgIpc) is 2.45. The van der Waals surface area contributed by atoms with Crippen molar-refractivity contribution in [3.63, 3.8) is 0 Å². The third-order valence-electron chi connectivity index (χ3n) is 3.07. The first-order valence-electron chi connectivity index (χ1n) is 7.98. The van der Waals surface area contributed by atoms with E-state index in [2.05, 4.69) is 37.1 Å². The highest BCUT2D eigenvalue weighted by Gasteiger charge is 2.15. The molecule has 114 valence electrons. The number of rotatable bonds is 10. The summed E-state index contributed by atoms with van der Waals surface area (Å²) in [5.74, 6) is 1.76. The molecule has 0 saturated carbocycles. The lowest BCUT2D eigenvalue weighted by Crippen LogP contribution is -2.13. The minimum atomic E-state index is 0.0176. The molecule has 0 aliphatic heterocycles. The molecule has 0 bridgehead atoms. The Hall–Kier alpha value is -1.16. The van der Waals surface area contributed by atoms with Crippen molar-refractivity contribution in [3.8, 4) is 0 Å². The van der Waals surface area contributed by atoms with E-state index >= 15 is 0 Å². The zero-order valence-electron chi connectivity index (χ0n) is 13.4. The van der Waals surface area contributed by atoms with E-state index in [1.165, 1.54) is 0 Å². The molecular weight excluding hydrogens is 250 g/mol. The molecule has 20 heavy (non-hydrogen) atoms. The van der Waals surface area contributed by atoms with Crippen LogP contribution in [-0.4, -0.2) is 23.1 Å². The van der Waals surface area contributed by atoms with Gasteiger partial charge in [-0.15, -0.1) is 0 Å². The van der Waals surface area contributed by atoms with Crippen LogP contribution in [0.25, 0.3) is 0 Å². The summed E-state index contributed by atoms with van der Waals surface area (Å²) in [6.45, 7) is 10.2. The second-order valence-electron chi connectivity index (χ2n) is 5.01. The van der Waals surface area contributed by atoms with Crippen LogP contribution < -0.4 is 5.32 Å². The maximum absolute atomic E-state index is 5.81. The van der Waals surface area contributed by atoms with E-state index in [1.807, 2.05) is 6.92 Å². The van der Waals surface area contributed by atoms with Crippen molar-refractivity contribution in [1.82, 2.24) is 9.97 Å². The number of nitrogens with one attached hydrogen (secondary N) is 1. The van der Waals surface area contributed by atoms with Gasteiger partial charge in [-0.05, 0) is 26.2 Å². The highest BCUT2D eigenvalue weighted by Crippen LogP contribution is 2.22. The van der Waals surface area contributed by atoms with Gasteiger partial charge in [-0.1, -0.05) is 33.6 Å². The summed E-state index contributed by atoms with van der Waals surface area (Å²) in [6.07, 6.45) is 5.23. The Morgan fingerprint density at radius 1 is 1.10 bits per heavy atom. The fourth-order valence-electron chi connectivity index (χ4n) is 2.14. The number of nitrogens with zero attached hydrogens (tertiary/aromatic N) is 2. The molecule has 1 heterocycles. The molecule has 0 spiro atoms. The van der Waals surface area contributed by atoms with Gasteiger partial charge in [-0.25, -0.2) is 9.97 Å². The van der Waals surface area contributed by atoms with Gasteiger partial charge < -0.3 is 10.1 Å². The molecule has 1 unspecified atom stereocenters. The minimum absolute atomic E-state index is 0.0176. The summed E-state index contributed by atoms with van der Waals surface area (Å²) in [5, 5.41) is 3.37. The minimum Gasteiger partial charge on any atom is -0.371 e. The quantitative estimate of drug-likeness (QED) is 0.699. The van der Waals surface area contributed by atoms with Crippen molar-refractivity contribution in [2.75, 3.05) is 18.5 Å². The third kappa shape index (κ3) is 5.45. The summed E-state index contributed by atoms with van der Waals surface area (Å²) < 4.78 is 5.81. The Bertz CT molecular complexity index is 376. The molecule has 1 aromatic rings. The largest absolute Gasteiger partial charge is 0.371 e. The highest BCUT2D eigenvalue weighted by atomic mass is 16.5. The molecule has 0 saturated heterocycles. The topological polar surface area (TPSA) is 47.0 Å². The molecule has 0 fully saturated rings. The van der Waals surface area contributed by atoms with Gasteiger partial charge in [-0.2, -0.15) is 0 Å². The average molecular weight is 279 g/mol. The zero-order valence-corrected chi connectivity index (χ0v) is 13.4. The van der Waals surface area contributed by atoms with Crippen LogP contribution >= 0.6 is 0 Å². The lowest BCUT2D eigenvalue weighted by molar-refractivity contribution is 0.0493. The lowest BCUT2D eigenvalue weighted by Gasteiger charge is -2.17. The maximum atomic E-state index is 5.81. The van der Waals surface area contributed by atoms with Gasteiger partial charge in [0, 0.05) is 24.9 Å². The number of anilines is 1. The van der Waals surface area contributed by atoms with Crippen LogP contribution in [0.1, 0.15) is 71.0 Å². The molecule has 1 N–H and O–H groups in total. The Morgan fingerprint density at radius 3 is 2.50 bits per heavy atom. The number of hydrogen-bond donors (Lipinski definition) is 1. The monoisotopic (exact) mass is 279 g/mol. The van der Waals surface area contributed by atoms with Gasteiger partial charge in [0.05, 0.1) is 0 Å². The molecule has 4 nitrogen and oxygen atoms in total.